The molecule has 2 fully saturated rings. The Kier molecular flexibility index (Phi) is 5.87. The predicted molar refractivity (Wildman–Crippen MR) is 100 cm³/mol. The zero-order valence-corrected chi connectivity index (χ0v) is 15.7. The van der Waals surface area contributed by atoms with Crippen molar-refractivity contribution in [2.45, 2.75) is 44.2 Å². The van der Waals surface area contributed by atoms with Crippen molar-refractivity contribution in [3.8, 4) is 0 Å². The summed E-state index contributed by atoms with van der Waals surface area (Å²) in [5.74, 6) is 0.196. The van der Waals surface area contributed by atoms with E-state index in [0.717, 1.165) is 12.8 Å². The first kappa shape index (κ1) is 18.5. The van der Waals surface area contributed by atoms with Crippen LogP contribution in [0.4, 0.5) is 5.69 Å². The van der Waals surface area contributed by atoms with Gasteiger partial charge in [-0.15, -0.1) is 0 Å². The molecule has 2 saturated heterocycles. The van der Waals surface area contributed by atoms with Crippen LogP contribution in [0.25, 0.3) is 0 Å². The molecule has 7 heteroatoms. The number of anilines is 1. The number of nitrogens with one attached hydrogen (secondary N) is 2. The Balaban J connectivity index is 1.47. The van der Waals surface area contributed by atoms with Gasteiger partial charge in [-0.1, -0.05) is 23.2 Å². The number of likely N-dealkylation sites (N-methyl/N-ethyl adjacent to an activating group) is 1. The summed E-state index contributed by atoms with van der Waals surface area (Å²) in [6.45, 7) is 0.0247. The van der Waals surface area contributed by atoms with Crippen molar-refractivity contribution >= 4 is 40.7 Å². The normalized spacial score (nSPS) is 24.8. The van der Waals surface area contributed by atoms with Gasteiger partial charge in [0.2, 0.25) is 11.8 Å². The van der Waals surface area contributed by atoms with E-state index in [-0.39, 0.29) is 18.4 Å². The molecule has 1 aromatic rings. The minimum atomic E-state index is -0.250. The molecule has 2 amide bonds. The number of piperidine rings is 1. The predicted octanol–water partition coefficient (Wildman–Crippen LogP) is 3.31. The summed E-state index contributed by atoms with van der Waals surface area (Å²) in [5, 5.41) is 7.13. The number of carbonyl (C=O) groups is 2. The lowest BCUT2D eigenvalue weighted by atomic mass is 9.89. The van der Waals surface area contributed by atoms with Gasteiger partial charge in [-0.3, -0.25) is 9.59 Å². The Labute approximate surface area is 158 Å². The fourth-order valence-corrected chi connectivity index (χ4v) is 4.12. The second kappa shape index (κ2) is 7.94. The summed E-state index contributed by atoms with van der Waals surface area (Å²) in [7, 11) is 1.67. The highest BCUT2D eigenvalue weighted by atomic mass is 35.5. The lowest BCUT2D eigenvalue weighted by Crippen LogP contribution is -2.41. The van der Waals surface area contributed by atoms with Crippen LogP contribution in [0.1, 0.15) is 32.1 Å². The lowest BCUT2D eigenvalue weighted by Gasteiger charge is -2.29. The van der Waals surface area contributed by atoms with Crippen LogP contribution in [0.5, 0.6) is 0 Å². The lowest BCUT2D eigenvalue weighted by molar-refractivity contribution is -0.134. The Bertz CT molecular complexity index is 656. The molecule has 0 spiro atoms. The standard InChI is InChI=1S/C18H23Cl2N3O2/c1-23(10-17(24)22-14-4-5-15(19)16(20)9-14)18(25)8-11-6-12-2-3-13(7-11)21-12/h4-5,9,11-13,21H,2-3,6-8,10H2,1H3,(H,22,24). The first-order valence-corrected chi connectivity index (χ1v) is 9.41. The zero-order chi connectivity index (χ0) is 18.0. The fourth-order valence-electron chi connectivity index (χ4n) is 3.82. The van der Waals surface area contributed by atoms with Crippen LogP contribution in [0, 0.1) is 5.92 Å². The molecule has 2 heterocycles. The van der Waals surface area contributed by atoms with Gasteiger partial charge < -0.3 is 15.5 Å². The van der Waals surface area contributed by atoms with Crippen LogP contribution in [0.15, 0.2) is 18.2 Å². The van der Waals surface area contributed by atoms with Crippen molar-refractivity contribution in [2.75, 3.05) is 18.9 Å². The van der Waals surface area contributed by atoms with Gasteiger partial charge in [-0.25, -0.2) is 0 Å². The molecule has 2 bridgehead atoms. The number of carbonyl (C=O) groups excluding carboxylic acids is 2. The summed E-state index contributed by atoms with van der Waals surface area (Å²) in [6.07, 6.45) is 5.08. The molecule has 2 aliphatic rings. The number of amides is 2. The van der Waals surface area contributed by atoms with E-state index in [1.807, 2.05) is 0 Å². The molecule has 5 nitrogen and oxygen atoms in total. The van der Waals surface area contributed by atoms with Gasteiger partial charge in [-0.2, -0.15) is 0 Å². The van der Waals surface area contributed by atoms with Crippen LogP contribution in [-0.2, 0) is 9.59 Å². The second-order valence-corrected chi connectivity index (χ2v) is 7.92. The summed E-state index contributed by atoms with van der Waals surface area (Å²) in [6, 6.07) is 6.03. The number of hydrogen-bond acceptors (Lipinski definition) is 3. The van der Waals surface area contributed by atoms with E-state index in [1.54, 1.807) is 25.2 Å². The number of benzene rings is 1. The molecule has 2 atom stereocenters. The highest BCUT2D eigenvalue weighted by Gasteiger charge is 2.34. The molecule has 2 N–H and O–H groups in total. The molecule has 25 heavy (non-hydrogen) atoms. The van der Waals surface area contributed by atoms with E-state index in [9.17, 15) is 9.59 Å². The zero-order valence-electron chi connectivity index (χ0n) is 14.2. The van der Waals surface area contributed by atoms with Crippen LogP contribution >= 0.6 is 23.2 Å². The van der Waals surface area contributed by atoms with Crippen LogP contribution < -0.4 is 10.6 Å². The molecular formula is C18H23Cl2N3O2. The van der Waals surface area contributed by atoms with E-state index >= 15 is 0 Å². The Hall–Kier alpha value is -1.30. The number of hydrogen-bond donors (Lipinski definition) is 2. The molecule has 3 rings (SSSR count). The van der Waals surface area contributed by atoms with E-state index < -0.39 is 0 Å². The molecule has 2 unspecified atom stereocenters. The van der Waals surface area contributed by atoms with Crippen molar-refractivity contribution in [1.29, 1.82) is 0 Å². The number of fused-ring (bicyclic) bond motifs is 2. The number of rotatable bonds is 5. The van der Waals surface area contributed by atoms with E-state index in [4.69, 9.17) is 23.2 Å². The van der Waals surface area contributed by atoms with Gasteiger partial charge >= 0.3 is 0 Å². The summed E-state index contributed by atoms with van der Waals surface area (Å²) in [4.78, 5) is 26.1. The Morgan fingerprint density at radius 2 is 1.88 bits per heavy atom. The van der Waals surface area contributed by atoms with Gasteiger partial charge in [-0.05, 0) is 49.8 Å². The molecule has 0 aliphatic carbocycles. The number of halogens is 2. The minimum Gasteiger partial charge on any atom is -0.336 e. The molecule has 2 aliphatic heterocycles. The largest absolute Gasteiger partial charge is 0.336 e. The van der Waals surface area contributed by atoms with Gasteiger partial charge in [0, 0.05) is 31.2 Å². The smallest absolute Gasteiger partial charge is 0.243 e. The van der Waals surface area contributed by atoms with Crippen LogP contribution in [-0.4, -0.2) is 42.4 Å². The quantitative estimate of drug-likeness (QED) is 0.819. The van der Waals surface area contributed by atoms with Crippen LogP contribution in [0.3, 0.4) is 0 Å². The molecule has 136 valence electrons. The van der Waals surface area contributed by atoms with Crippen molar-refractivity contribution < 1.29 is 9.59 Å². The number of nitrogens with zero attached hydrogens (tertiary/aromatic N) is 1. The van der Waals surface area contributed by atoms with E-state index in [2.05, 4.69) is 10.6 Å². The summed E-state index contributed by atoms with van der Waals surface area (Å²) < 4.78 is 0. The Morgan fingerprint density at radius 3 is 2.52 bits per heavy atom. The first-order valence-electron chi connectivity index (χ1n) is 8.65. The van der Waals surface area contributed by atoms with E-state index in [1.165, 1.54) is 17.7 Å². The highest BCUT2D eigenvalue weighted by Crippen LogP contribution is 2.33. The van der Waals surface area contributed by atoms with Crippen molar-refractivity contribution in [3.05, 3.63) is 28.2 Å². The fraction of sp³-hybridized carbons (Fsp3) is 0.556. The first-order chi connectivity index (χ1) is 11.9. The van der Waals surface area contributed by atoms with Gasteiger partial charge in [0.1, 0.15) is 0 Å². The van der Waals surface area contributed by atoms with Crippen LogP contribution in [0.2, 0.25) is 10.0 Å². The molecule has 0 saturated carbocycles. The summed E-state index contributed by atoms with van der Waals surface area (Å²) >= 11 is 11.8. The van der Waals surface area contributed by atoms with E-state index in [0.29, 0.717) is 40.2 Å². The van der Waals surface area contributed by atoms with Gasteiger partial charge in [0.25, 0.3) is 0 Å². The summed E-state index contributed by atoms with van der Waals surface area (Å²) in [5.41, 5.74) is 0.565. The maximum absolute atomic E-state index is 12.4. The molecule has 1 aromatic carbocycles. The molecule has 0 aromatic heterocycles. The van der Waals surface area contributed by atoms with Crippen molar-refractivity contribution in [1.82, 2.24) is 10.2 Å². The van der Waals surface area contributed by atoms with Gasteiger partial charge in [0.05, 0.1) is 16.6 Å². The third kappa shape index (κ3) is 4.87. The average molecular weight is 384 g/mol. The average Bonchev–Trinajstić information content (AvgIpc) is 2.89. The topological polar surface area (TPSA) is 61.4 Å². The SMILES string of the molecule is CN(CC(=O)Nc1ccc(Cl)c(Cl)c1)C(=O)CC1CC2CCC(C1)N2. The maximum atomic E-state index is 12.4. The monoisotopic (exact) mass is 383 g/mol. The highest BCUT2D eigenvalue weighted by molar-refractivity contribution is 6.42. The Morgan fingerprint density at radius 1 is 1.20 bits per heavy atom. The van der Waals surface area contributed by atoms with Crippen molar-refractivity contribution in [3.63, 3.8) is 0 Å². The minimum absolute atomic E-state index is 0.0237. The molecular weight excluding hydrogens is 361 g/mol. The third-order valence-corrected chi connectivity index (χ3v) is 5.78. The van der Waals surface area contributed by atoms with Gasteiger partial charge in [0.15, 0.2) is 0 Å². The van der Waals surface area contributed by atoms with Crippen molar-refractivity contribution in [2.24, 2.45) is 5.92 Å². The molecule has 0 radical (unpaired) electrons. The second-order valence-electron chi connectivity index (χ2n) is 7.11. The maximum Gasteiger partial charge on any atom is 0.243 e. The third-order valence-electron chi connectivity index (χ3n) is 5.04.